The van der Waals surface area contributed by atoms with Crippen LogP contribution in [0, 0.1) is 0 Å². The van der Waals surface area contributed by atoms with Crippen molar-refractivity contribution in [3.05, 3.63) is 0 Å². The zero-order chi connectivity index (χ0) is 5.11. The topological polar surface area (TPSA) is 21.3 Å². The number of rotatable bonds is 0. The molecule has 1 atom stereocenters. The van der Waals surface area contributed by atoms with Gasteiger partial charge in [-0.05, 0) is 13.3 Å². The summed E-state index contributed by atoms with van der Waals surface area (Å²) < 4.78 is 5.03. The van der Waals surface area contributed by atoms with Gasteiger partial charge in [-0.15, -0.1) is 0 Å². The zero-order valence-corrected chi connectivity index (χ0v) is 4.61. The van der Waals surface area contributed by atoms with Gasteiger partial charge in [0.2, 0.25) is 0 Å². The maximum Gasteiger partial charge on any atom is 0.0967 e. The summed E-state index contributed by atoms with van der Waals surface area (Å²) in [7, 11) is 0. The van der Waals surface area contributed by atoms with E-state index in [9.17, 15) is 0 Å². The first-order valence-electron chi connectivity index (χ1n) is 2.71. The smallest absolute Gasteiger partial charge is 0.0967 e. The number of hydrogen-bond donors (Lipinski definition) is 1. The molecule has 0 aromatic carbocycles. The Balaban J connectivity index is 2.12. The van der Waals surface area contributed by atoms with Crippen LogP contribution >= 0.6 is 0 Å². The second kappa shape index (κ2) is 2.28. The summed E-state index contributed by atoms with van der Waals surface area (Å²) in [5, 5.41) is 3.16. The third-order valence-corrected chi connectivity index (χ3v) is 1.23. The first kappa shape index (κ1) is 5.06. The van der Waals surface area contributed by atoms with Crippen LogP contribution in [0.4, 0.5) is 0 Å². The van der Waals surface area contributed by atoms with Crippen molar-refractivity contribution >= 4 is 0 Å². The van der Waals surface area contributed by atoms with Crippen molar-refractivity contribution in [2.75, 3.05) is 13.3 Å². The fraction of sp³-hybridized carbons (Fsp3) is 1.00. The number of ether oxygens (including phenoxy) is 1. The summed E-state index contributed by atoms with van der Waals surface area (Å²) in [5.74, 6) is 0. The highest BCUT2D eigenvalue weighted by Gasteiger charge is 2.04. The molecule has 42 valence electrons. The van der Waals surface area contributed by atoms with Crippen LogP contribution in [0.2, 0.25) is 0 Å². The molecule has 0 saturated carbocycles. The molecule has 1 heterocycles. The summed E-state index contributed by atoms with van der Waals surface area (Å²) in [4.78, 5) is 0. The molecule has 1 saturated heterocycles. The average Bonchev–Trinajstić information content (AvgIpc) is 1.69. The highest BCUT2D eigenvalue weighted by atomic mass is 16.5. The number of hydrogen-bond acceptors (Lipinski definition) is 2. The van der Waals surface area contributed by atoms with E-state index in [1.165, 1.54) is 0 Å². The quantitative estimate of drug-likeness (QED) is 0.475. The molecular weight excluding hydrogens is 90.1 g/mol. The predicted octanol–water partition coefficient (Wildman–Crippen LogP) is 0.342. The molecule has 1 aliphatic heterocycles. The Morgan fingerprint density at radius 1 is 1.71 bits per heavy atom. The lowest BCUT2D eigenvalue weighted by atomic mass is 10.2. The molecule has 0 amide bonds. The summed E-state index contributed by atoms with van der Waals surface area (Å²) >= 11 is 0. The monoisotopic (exact) mass is 101 g/mol. The van der Waals surface area contributed by atoms with Gasteiger partial charge in [-0.2, -0.15) is 0 Å². The van der Waals surface area contributed by atoms with Gasteiger partial charge in [0.1, 0.15) is 0 Å². The lowest BCUT2D eigenvalue weighted by Gasteiger charge is -2.18. The minimum absolute atomic E-state index is 0.661. The van der Waals surface area contributed by atoms with E-state index >= 15 is 0 Å². The van der Waals surface area contributed by atoms with Gasteiger partial charge in [0.15, 0.2) is 0 Å². The van der Waals surface area contributed by atoms with Gasteiger partial charge < -0.3 is 4.74 Å². The van der Waals surface area contributed by atoms with Gasteiger partial charge in [-0.3, -0.25) is 5.32 Å². The maximum absolute atomic E-state index is 5.03. The molecule has 0 spiro atoms. The van der Waals surface area contributed by atoms with E-state index in [0.717, 1.165) is 19.8 Å². The lowest BCUT2D eigenvalue weighted by Crippen LogP contribution is -2.34. The number of nitrogens with one attached hydrogen (secondary N) is 1. The van der Waals surface area contributed by atoms with Crippen LogP contribution in [0.15, 0.2) is 0 Å². The van der Waals surface area contributed by atoms with E-state index in [0.29, 0.717) is 6.04 Å². The van der Waals surface area contributed by atoms with Gasteiger partial charge in [0, 0.05) is 12.6 Å². The molecule has 7 heavy (non-hydrogen) atoms. The minimum Gasteiger partial charge on any atom is -0.366 e. The van der Waals surface area contributed by atoms with Crippen LogP contribution in [0.3, 0.4) is 0 Å². The van der Waals surface area contributed by atoms with Crippen LogP contribution in [-0.4, -0.2) is 19.4 Å². The van der Waals surface area contributed by atoms with Crippen molar-refractivity contribution in [3.63, 3.8) is 0 Å². The second-order valence-electron chi connectivity index (χ2n) is 1.95. The van der Waals surface area contributed by atoms with Crippen molar-refractivity contribution in [3.8, 4) is 0 Å². The first-order chi connectivity index (χ1) is 3.39. The van der Waals surface area contributed by atoms with Gasteiger partial charge >= 0.3 is 0 Å². The molecule has 1 fully saturated rings. The van der Waals surface area contributed by atoms with Crippen LogP contribution in [-0.2, 0) is 4.74 Å². The predicted molar refractivity (Wildman–Crippen MR) is 28.0 cm³/mol. The van der Waals surface area contributed by atoms with Crippen molar-refractivity contribution in [2.45, 2.75) is 19.4 Å². The SMILES string of the molecule is CC1CCOCN1. The Kier molecular flexibility index (Phi) is 1.65. The largest absolute Gasteiger partial charge is 0.366 e. The highest BCUT2D eigenvalue weighted by Crippen LogP contribution is 1.95. The first-order valence-corrected chi connectivity index (χ1v) is 2.71. The van der Waals surface area contributed by atoms with Crippen LogP contribution < -0.4 is 5.32 Å². The van der Waals surface area contributed by atoms with E-state index in [2.05, 4.69) is 12.2 Å². The summed E-state index contributed by atoms with van der Waals surface area (Å²) in [5.41, 5.74) is 0. The molecule has 1 N–H and O–H groups in total. The molecule has 1 rings (SSSR count). The van der Waals surface area contributed by atoms with E-state index < -0.39 is 0 Å². The standard InChI is InChI=1S/C5H11NO/c1-5-2-3-7-4-6-5/h5-6H,2-4H2,1H3. The van der Waals surface area contributed by atoms with Gasteiger partial charge in [-0.25, -0.2) is 0 Å². The van der Waals surface area contributed by atoms with Gasteiger partial charge in [-0.1, -0.05) is 0 Å². The molecule has 0 aliphatic carbocycles. The Hall–Kier alpha value is -0.0800. The van der Waals surface area contributed by atoms with Crippen LogP contribution in [0.1, 0.15) is 13.3 Å². The summed E-state index contributed by atoms with van der Waals surface area (Å²) in [6, 6.07) is 0.661. The molecule has 2 nitrogen and oxygen atoms in total. The van der Waals surface area contributed by atoms with Gasteiger partial charge in [0.25, 0.3) is 0 Å². The third-order valence-electron chi connectivity index (χ3n) is 1.23. The normalized spacial score (nSPS) is 33.0. The molecule has 2 heteroatoms. The molecule has 0 aromatic rings. The van der Waals surface area contributed by atoms with E-state index in [1.54, 1.807) is 0 Å². The van der Waals surface area contributed by atoms with Crippen molar-refractivity contribution in [1.29, 1.82) is 0 Å². The second-order valence-corrected chi connectivity index (χ2v) is 1.95. The Morgan fingerprint density at radius 2 is 2.57 bits per heavy atom. The van der Waals surface area contributed by atoms with Crippen LogP contribution in [0.25, 0.3) is 0 Å². The zero-order valence-electron chi connectivity index (χ0n) is 4.61. The molecule has 0 aromatic heterocycles. The fourth-order valence-corrected chi connectivity index (χ4v) is 0.636. The Bertz CT molecular complexity index is 50.0. The van der Waals surface area contributed by atoms with E-state index in [1.807, 2.05) is 0 Å². The highest BCUT2D eigenvalue weighted by molar-refractivity contribution is 4.59. The fourth-order valence-electron chi connectivity index (χ4n) is 0.636. The van der Waals surface area contributed by atoms with E-state index in [4.69, 9.17) is 4.74 Å². The van der Waals surface area contributed by atoms with E-state index in [-0.39, 0.29) is 0 Å². The van der Waals surface area contributed by atoms with Crippen LogP contribution in [0.5, 0.6) is 0 Å². The van der Waals surface area contributed by atoms with Crippen molar-refractivity contribution in [1.82, 2.24) is 5.32 Å². The van der Waals surface area contributed by atoms with Crippen molar-refractivity contribution in [2.24, 2.45) is 0 Å². The maximum atomic E-state index is 5.03. The Morgan fingerprint density at radius 3 is 2.86 bits per heavy atom. The Labute approximate surface area is 43.9 Å². The van der Waals surface area contributed by atoms with Crippen molar-refractivity contribution < 1.29 is 4.74 Å². The molecule has 1 unspecified atom stereocenters. The summed E-state index contributed by atoms with van der Waals surface area (Å²) in [6.45, 7) is 3.83. The summed E-state index contributed by atoms with van der Waals surface area (Å²) in [6.07, 6.45) is 1.15. The molecule has 0 radical (unpaired) electrons. The third kappa shape index (κ3) is 1.45. The molecule has 1 aliphatic rings. The van der Waals surface area contributed by atoms with Gasteiger partial charge in [0.05, 0.1) is 6.73 Å². The molecular formula is C5H11NO. The lowest BCUT2D eigenvalue weighted by molar-refractivity contribution is 0.0655. The minimum atomic E-state index is 0.661. The molecule has 0 bridgehead atoms. The average molecular weight is 101 g/mol.